The molecule has 0 aromatic heterocycles. The van der Waals surface area contributed by atoms with Crippen molar-refractivity contribution in [2.75, 3.05) is 6.61 Å². The number of rotatable bonds is 5. The quantitative estimate of drug-likeness (QED) is 0.890. The highest BCUT2D eigenvalue weighted by Gasteiger charge is 2.45. The molecule has 1 aliphatic carbocycles. The first-order valence-corrected chi connectivity index (χ1v) is 8.44. The number of hydrogen-bond donors (Lipinski definition) is 1. The summed E-state index contributed by atoms with van der Waals surface area (Å²) in [6, 6.07) is 10.7. The molecule has 0 radical (unpaired) electrons. The normalized spacial score (nSPS) is 29.7. The van der Waals surface area contributed by atoms with E-state index in [9.17, 15) is 0 Å². The van der Waals surface area contributed by atoms with Crippen LogP contribution >= 0.6 is 0 Å². The SMILES string of the molecule is CC(C)OCC1=N[C@H](c2ccccc2)[C@](C)(C2C=CC=CC2)N1. The van der Waals surface area contributed by atoms with Crippen LogP contribution in [0.25, 0.3) is 0 Å². The Morgan fingerprint density at radius 3 is 2.70 bits per heavy atom. The molecule has 1 unspecified atom stereocenters. The van der Waals surface area contributed by atoms with Crippen molar-refractivity contribution in [1.82, 2.24) is 5.32 Å². The first-order chi connectivity index (χ1) is 11.1. The smallest absolute Gasteiger partial charge is 0.124 e. The number of ether oxygens (including phenoxy) is 1. The van der Waals surface area contributed by atoms with E-state index in [-0.39, 0.29) is 17.7 Å². The second-order valence-corrected chi connectivity index (χ2v) is 6.81. The molecule has 1 aromatic rings. The third kappa shape index (κ3) is 3.40. The van der Waals surface area contributed by atoms with Gasteiger partial charge in [0.05, 0.1) is 11.6 Å². The lowest BCUT2D eigenvalue weighted by atomic mass is 9.75. The van der Waals surface area contributed by atoms with Gasteiger partial charge in [-0.1, -0.05) is 54.6 Å². The Hall–Kier alpha value is -1.87. The van der Waals surface area contributed by atoms with E-state index in [4.69, 9.17) is 9.73 Å². The highest BCUT2D eigenvalue weighted by Crippen LogP contribution is 2.41. The van der Waals surface area contributed by atoms with Crippen LogP contribution in [-0.2, 0) is 4.74 Å². The Kier molecular flexibility index (Phi) is 4.67. The molecule has 0 fully saturated rings. The van der Waals surface area contributed by atoms with E-state index >= 15 is 0 Å². The van der Waals surface area contributed by atoms with Gasteiger partial charge in [-0.2, -0.15) is 0 Å². The van der Waals surface area contributed by atoms with Crippen molar-refractivity contribution in [2.24, 2.45) is 10.9 Å². The van der Waals surface area contributed by atoms with Gasteiger partial charge < -0.3 is 10.1 Å². The standard InChI is InChI=1S/C20H26N2O/c1-15(2)23-14-18-21-19(16-10-6-4-7-11-16)20(3,22-18)17-12-8-5-9-13-17/h4-12,15,17,19H,13-14H2,1-3H3,(H,21,22)/t17?,19-,20+/m1/s1. The van der Waals surface area contributed by atoms with Crippen LogP contribution in [0.2, 0.25) is 0 Å². The van der Waals surface area contributed by atoms with Crippen molar-refractivity contribution in [3.8, 4) is 0 Å². The number of nitrogens with zero attached hydrogens (tertiary/aromatic N) is 1. The number of nitrogens with one attached hydrogen (secondary N) is 1. The number of benzene rings is 1. The Bertz CT molecular complexity index is 618. The molecule has 0 amide bonds. The summed E-state index contributed by atoms with van der Waals surface area (Å²) in [6.07, 6.45) is 10.0. The Labute approximate surface area is 139 Å². The van der Waals surface area contributed by atoms with Crippen molar-refractivity contribution in [3.05, 3.63) is 60.2 Å². The summed E-state index contributed by atoms with van der Waals surface area (Å²) in [5.74, 6) is 1.37. The van der Waals surface area contributed by atoms with Gasteiger partial charge in [0.1, 0.15) is 18.5 Å². The maximum atomic E-state index is 5.77. The van der Waals surface area contributed by atoms with Crippen LogP contribution in [0.5, 0.6) is 0 Å². The number of amidine groups is 1. The van der Waals surface area contributed by atoms with Crippen molar-refractivity contribution < 1.29 is 4.74 Å². The zero-order valence-electron chi connectivity index (χ0n) is 14.2. The highest BCUT2D eigenvalue weighted by atomic mass is 16.5. The second-order valence-electron chi connectivity index (χ2n) is 6.81. The van der Waals surface area contributed by atoms with Crippen LogP contribution < -0.4 is 5.32 Å². The largest absolute Gasteiger partial charge is 0.371 e. The zero-order chi connectivity index (χ0) is 16.3. The van der Waals surface area contributed by atoms with Crippen molar-refractivity contribution in [2.45, 2.75) is 44.9 Å². The molecule has 3 nitrogen and oxygen atoms in total. The van der Waals surface area contributed by atoms with E-state index in [1.54, 1.807) is 0 Å². The highest BCUT2D eigenvalue weighted by molar-refractivity contribution is 5.86. The molecule has 3 heteroatoms. The Morgan fingerprint density at radius 2 is 2.04 bits per heavy atom. The molecule has 2 aliphatic rings. The molecule has 3 atom stereocenters. The molecule has 0 bridgehead atoms. The van der Waals surface area contributed by atoms with Crippen molar-refractivity contribution >= 4 is 5.84 Å². The van der Waals surface area contributed by atoms with Crippen LogP contribution in [0.4, 0.5) is 0 Å². The molecule has 3 rings (SSSR count). The zero-order valence-corrected chi connectivity index (χ0v) is 14.2. The fourth-order valence-electron chi connectivity index (χ4n) is 3.40. The van der Waals surface area contributed by atoms with Gasteiger partial charge in [-0.15, -0.1) is 0 Å². The predicted molar refractivity (Wildman–Crippen MR) is 95.6 cm³/mol. The molecule has 0 saturated carbocycles. The minimum absolute atomic E-state index is 0.107. The first kappa shape index (κ1) is 16.0. The van der Waals surface area contributed by atoms with Gasteiger partial charge in [0.25, 0.3) is 0 Å². The average Bonchev–Trinajstić information content (AvgIpc) is 2.93. The maximum absolute atomic E-state index is 5.77. The van der Waals surface area contributed by atoms with Crippen LogP contribution in [0, 0.1) is 5.92 Å². The fourth-order valence-corrected chi connectivity index (χ4v) is 3.40. The molecule has 1 aliphatic heterocycles. The maximum Gasteiger partial charge on any atom is 0.124 e. The fraction of sp³-hybridized carbons (Fsp3) is 0.450. The van der Waals surface area contributed by atoms with Gasteiger partial charge in [0.2, 0.25) is 0 Å². The van der Waals surface area contributed by atoms with E-state index < -0.39 is 0 Å². The van der Waals surface area contributed by atoms with Gasteiger partial charge in [-0.3, -0.25) is 4.99 Å². The van der Waals surface area contributed by atoms with Crippen LogP contribution in [0.1, 0.15) is 38.8 Å². The summed E-state index contributed by atoms with van der Waals surface area (Å²) in [5.41, 5.74) is 1.13. The molecular weight excluding hydrogens is 284 g/mol. The minimum Gasteiger partial charge on any atom is -0.371 e. The lowest BCUT2D eigenvalue weighted by molar-refractivity contribution is 0.109. The predicted octanol–water partition coefficient (Wildman–Crippen LogP) is 4.05. The first-order valence-electron chi connectivity index (χ1n) is 8.44. The van der Waals surface area contributed by atoms with Crippen LogP contribution in [0.15, 0.2) is 59.6 Å². The van der Waals surface area contributed by atoms with E-state index in [2.05, 4.69) is 80.7 Å². The van der Waals surface area contributed by atoms with Gasteiger partial charge >= 0.3 is 0 Å². The summed E-state index contributed by atoms with van der Waals surface area (Å²) in [5, 5.41) is 3.68. The second kappa shape index (κ2) is 6.71. The summed E-state index contributed by atoms with van der Waals surface area (Å²) in [4.78, 5) is 4.98. The molecule has 1 heterocycles. The van der Waals surface area contributed by atoms with E-state index in [0.717, 1.165) is 12.3 Å². The van der Waals surface area contributed by atoms with E-state index in [1.165, 1.54) is 5.56 Å². The molecule has 1 aromatic carbocycles. The summed E-state index contributed by atoms with van der Waals surface area (Å²) in [6.45, 7) is 6.93. The summed E-state index contributed by atoms with van der Waals surface area (Å²) >= 11 is 0. The van der Waals surface area contributed by atoms with Crippen LogP contribution in [-0.4, -0.2) is 24.1 Å². The third-order valence-electron chi connectivity index (χ3n) is 4.69. The topological polar surface area (TPSA) is 33.6 Å². The average molecular weight is 310 g/mol. The third-order valence-corrected chi connectivity index (χ3v) is 4.69. The molecule has 23 heavy (non-hydrogen) atoms. The molecular formula is C20H26N2O. The van der Waals surface area contributed by atoms with E-state index in [0.29, 0.717) is 12.5 Å². The molecule has 0 saturated heterocycles. The number of aliphatic imine (C=N–C) groups is 1. The Balaban J connectivity index is 1.88. The van der Waals surface area contributed by atoms with Gasteiger partial charge in [0, 0.05) is 5.92 Å². The van der Waals surface area contributed by atoms with Crippen molar-refractivity contribution in [1.29, 1.82) is 0 Å². The summed E-state index contributed by atoms with van der Waals surface area (Å²) < 4.78 is 5.77. The van der Waals surface area contributed by atoms with Crippen molar-refractivity contribution in [3.63, 3.8) is 0 Å². The van der Waals surface area contributed by atoms with E-state index in [1.807, 2.05) is 0 Å². The molecule has 1 N–H and O–H groups in total. The molecule has 122 valence electrons. The van der Waals surface area contributed by atoms with Gasteiger partial charge in [-0.05, 0) is 32.8 Å². The number of allylic oxidation sites excluding steroid dienone is 3. The number of hydrogen-bond acceptors (Lipinski definition) is 3. The lowest BCUT2D eigenvalue weighted by Crippen LogP contribution is -2.50. The van der Waals surface area contributed by atoms with Gasteiger partial charge in [0.15, 0.2) is 0 Å². The molecule has 0 spiro atoms. The monoisotopic (exact) mass is 310 g/mol. The van der Waals surface area contributed by atoms with Gasteiger partial charge in [-0.25, -0.2) is 0 Å². The lowest BCUT2D eigenvalue weighted by Gasteiger charge is -2.38. The minimum atomic E-state index is -0.127. The Morgan fingerprint density at radius 1 is 1.26 bits per heavy atom. The van der Waals surface area contributed by atoms with Crippen LogP contribution in [0.3, 0.4) is 0 Å². The summed E-state index contributed by atoms with van der Waals surface area (Å²) in [7, 11) is 0.